The fourth-order valence-corrected chi connectivity index (χ4v) is 1.45. The van der Waals surface area contributed by atoms with Gasteiger partial charge in [-0.05, 0) is 37.0 Å². The number of aryl methyl sites for hydroxylation is 2. The lowest BCUT2D eigenvalue weighted by atomic mass is 10.0. The Labute approximate surface area is 89.4 Å². The highest BCUT2D eigenvalue weighted by Gasteiger charge is 2.12. The van der Waals surface area contributed by atoms with Crippen LogP contribution in [0.25, 0.3) is 0 Å². The van der Waals surface area contributed by atoms with Gasteiger partial charge in [-0.2, -0.15) is 12.6 Å². The maximum Gasteiger partial charge on any atom is 0.316 e. The maximum absolute atomic E-state index is 10.6. The molecular weight excluding hydrogens is 196 g/mol. The minimum Gasteiger partial charge on any atom is -0.480 e. The normalized spacial score (nSPS) is 12.5. The van der Waals surface area contributed by atoms with Gasteiger partial charge >= 0.3 is 5.97 Å². The highest BCUT2D eigenvalue weighted by Crippen LogP contribution is 2.13. The molecule has 0 bridgehead atoms. The molecule has 14 heavy (non-hydrogen) atoms. The van der Waals surface area contributed by atoms with Gasteiger partial charge in [-0.3, -0.25) is 4.79 Å². The minimum absolute atomic E-state index is 0.472. The Bertz CT molecular complexity index is 347. The average Bonchev–Trinajstić information content (AvgIpc) is 2.11. The van der Waals surface area contributed by atoms with Crippen LogP contribution in [-0.4, -0.2) is 16.3 Å². The molecule has 0 radical (unpaired) electrons. The van der Waals surface area contributed by atoms with Gasteiger partial charge in [0.15, 0.2) is 0 Å². The van der Waals surface area contributed by atoms with Gasteiger partial charge in [-0.25, -0.2) is 0 Å². The van der Waals surface area contributed by atoms with Crippen LogP contribution < -0.4 is 0 Å². The lowest BCUT2D eigenvalue weighted by molar-refractivity contribution is -0.136. The minimum atomic E-state index is -0.869. The van der Waals surface area contributed by atoms with Crippen molar-refractivity contribution >= 4 is 18.6 Å². The van der Waals surface area contributed by atoms with Crippen LogP contribution in [0.4, 0.5) is 0 Å². The Kier molecular flexibility index (Phi) is 3.58. The summed E-state index contributed by atoms with van der Waals surface area (Å²) in [6.07, 6.45) is 0.472. The Morgan fingerprint density at radius 3 is 2.57 bits per heavy atom. The van der Waals surface area contributed by atoms with Crippen molar-refractivity contribution in [1.29, 1.82) is 0 Å². The highest BCUT2D eigenvalue weighted by molar-refractivity contribution is 7.81. The quantitative estimate of drug-likeness (QED) is 0.751. The first-order valence-electron chi connectivity index (χ1n) is 4.47. The lowest BCUT2D eigenvalue weighted by Crippen LogP contribution is -2.16. The Hall–Kier alpha value is -0.960. The summed E-state index contributed by atoms with van der Waals surface area (Å²) in [5.74, 6) is -0.869. The summed E-state index contributed by atoms with van der Waals surface area (Å²) in [5, 5.41) is 8.08. The van der Waals surface area contributed by atoms with Crippen LogP contribution >= 0.6 is 12.6 Å². The van der Waals surface area contributed by atoms with Crippen LogP contribution in [0.1, 0.15) is 16.7 Å². The van der Waals surface area contributed by atoms with Gasteiger partial charge in [-0.1, -0.05) is 18.2 Å². The van der Waals surface area contributed by atoms with E-state index in [0.717, 1.165) is 5.56 Å². The third-order valence-electron chi connectivity index (χ3n) is 2.29. The molecule has 0 unspecified atom stereocenters. The van der Waals surface area contributed by atoms with Crippen LogP contribution in [-0.2, 0) is 11.2 Å². The number of hydrogen-bond donors (Lipinski definition) is 2. The molecule has 76 valence electrons. The number of thiol groups is 1. The van der Waals surface area contributed by atoms with Gasteiger partial charge in [0, 0.05) is 0 Å². The second-order valence-corrected chi connectivity index (χ2v) is 4.10. The van der Waals surface area contributed by atoms with E-state index in [9.17, 15) is 4.79 Å². The molecule has 0 aliphatic carbocycles. The Balaban J connectivity index is 2.78. The first kappa shape index (κ1) is 11.1. The van der Waals surface area contributed by atoms with Crippen LogP contribution in [0.3, 0.4) is 0 Å². The predicted octanol–water partition coefficient (Wildman–Crippen LogP) is 2.23. The van der Waals surface area contributed by atoms with E-state index in [1.807, 2.05) is 32.0 Å². The van der Waals surface area contributed by atoms with E-state index in [0.29, 0.717) is 6.42 Å². The van der Waals surface area contributed by atoms with Gasteiger partial charge < -0.3 is 5.11 Å². The predicted molar refractivity (Wildman–Crippen MR) is 60.0 cm³/mol. The molecule has 0 aromatic heterocycles. The second kappa shape index (κ2) is 4.51. The molecule has 0 spiro atoms. The zero-order valence-electron chi connectivity index (χ0n) is 8.32. The van der Waals surface area contributed by atoms with E-state index in [4.69, 9.17) is 5.11 Å². The summed E-state index contributed by atoms with van der Waals surface area (Å²) in [7, 11) is 0. The third kappa shape index (κ3) is 2.77. The number of hydrogen-bond acceptors (Lipinski definition) is 2. The van der Waals surface area contributed by atoms with Gasteiger partial charge in [0.2, 0.25) is 0 Å². The molecule has 3 heteroatoms. The second-order valence-electron chi connectivity index (χ2n) is 3.48. The monoisotopic (exact) mass is 210 g/mol. The van der Waals surface area contributed by atoms with Gasteiger partial charge in [0.1, 0.15) is 5.25 Å². The molecule has 0 saturated heterocycles. The number of benzene rings is 1. The largest absolute Gasteiger partial charge is 0.480 e. The smallest absolute Gasteiger partial charge is 0.316 e. The fraction of sp³-hybridized carbons (Fsp3) is 0.364. The fourth-order valence-electron chi connectivity index (χ4n) is 1.24. The first-order chi connectivity index (χ1) is 6.50. The topological polar surface area (TPSA) is 37.3 Å². The molecule has 0 fully saturated rings. The number of rotatable bonds is 3. The molecular formula is C11H14O2S. The zero-order valence-corrected chi connectivity index (χ0v) is 9.21. The molecule has 1 N–H and O–H groups in total. The molecule has 2 nitrogen and oxygen atoms in total. The van der Waals surface area contributed by atoms with E-state index in [2.05, 4.69) is 12.6 Å². The SMILES string of the molecule is Cc1ccc(C[C@H](S)C(=O)O)cc1C. The first-order valence-corrected chi connectivity index (χ1v) is 4.99. The Morgan fingerprint density at radius 2 is 2.07 bits per heavy atom. The van der Waals surface area contributed by atoms with E-state index < -0.39 is 11.2 Å². The number of carboxylic acid groups (broad SMARTS) is 1. The molecule has 0 aliphatic heterocycles. The molecule has 0 heterocycles. The van der Waals surface area contributed by atoms with E-state index >= 15 is 0 Å². The van der Waals surface area contributed by atoms with Crippen LogP contribution in [0.5, 0.6) is 0 Å². The zero-order chi connectivity index (χ0) is 10.7. The maximum atomic E-state index is 10.6. The number of aliphatic carboxylic acids is 1. The van der Waals surface area contributed by atoms with Crippen molar-refractivity contribution in [2.24, 2.45) is 0 Å². The van der Waals surface area contributed by atoms with Crippen LogP contribution in [0, 0.1) is 13.8 Å². The van der Waals surface area contributed by atoms with Crippen LogP contribution in [0.2, 0.25) is 0 Å². The van der Waals surface area contributed by atoms with Gasteiger partial charge in [0.05, 0.1) is 0 Å². The van der Waals surface area contributed by atoms with Crippen molar-refractivity contribution in [3.63, 3.8) is 0 Å². The van der Waals surface area contributed by atoms with Gasteiger partial charge in [0.25, 0.3) is 0 Å². The molecule has 1 rings (SSSR count). The van der Waals surface area contributed by atoms with E-state index in [1.54, 1.807) is 0 Å². The van der Waals surface area contributed by atoms with Crippen molar-refractivity contribution in [3.05, 3.63) is 34.9 Å². The number of carbonyl (C=O) groups is 1. The molecule has 1 atom stereocenters. The van der Waals surface area contributed by atoms with Crippen molar-refractivity contribution in [2.45, 2.75) is 25.5 Å². The van der Waals surface area contributed by atoms with Crippen molar-refractivity contribution < 1.29 is 9.90 Å². The van der Waals surface area contributed by atoms with E-state index in [1.165, 1.54) is 11.1 Å². The molecule has 1 aromatic rings. The summed E-state index contributed by atoms with van der Waals surface area (Å²) in [5.41, 5.74) is 3.43. The van der Waals surface area contributed by atoms with Crippen molar-refractivity contribution in [2.75, 3.05) is 0 Å². The highest BCUT2D eigenvalue weighted by atomic mass is 32.1. The summed E-state index contributed by atoms with van der Waals surface area (Å²) < 4.78 is 0. The summed E-state index contributed by atoms with van der Waals surface area (Å²) >= 11 is 4.00. The van der Waals surface area contributed by atoms with Crippen molar-refractivity contribution in [3.8, 4) is 0 Å². The summed E-state index contributed by atoms with van der Waals surface area (Å²) in [6.45, 7) is 4.06. The molecule has 0 saturated carbocycles. The molecule has 0 aliphatic rings. The Morgan fingerprint density at radius 1 is 1.43 bits per heavy atom. The standard InChI is InChI=1S/C11H14O2S/c1-7-3-4-9(5-8(7)2)6-10(14)11(12)13/h3-5,10,14H,6H2,1-2H3,(H,12,13)/t10-/m0/s1. The van der Waals surface area contributed by atoms with E-state index in [-0.39, 0.29) is 0 Å². The summed E-state index contributed by atoms with van der Waals surface area (Å²) in [6, 6.07) is 5.98. The lowest BCUT2D eigenvalue weighted by Gasteiger charge is -2.07. The van der Waals surface area contributed by atoms with Crippen LogP contribution in [0.15, 0.2) is 18.2 Å². The molecule has 1 aromatic carbocycles. The van der Waals surface area contributed by atoms with Crippen molar-refractivity contribution in [1.82, 2.24) is 0 Å². The third-order valence-corrected chi connectivity index (χ3v) is 2.69. The molecule has 0 amide bonds. The average molecular weight is 210 g/mol. The van der Waals surface area contributed by atoms with Gasteiger partial charge in [-0.15, -0.1) is 0 Å². The summed E-state index contributed by atoms with van der Waals surface area (Å²) in [4.78, 5) is 10.6. The number of carboxylic acids is 1.